The lowest BCUT2D eigenvalue weighted by Gasteiger charge is -2.18. The number of unbranched alkanes of at least 4 members (excludes halogenated alkanes) is 15. The first-order valence-electron chi connectivity index (χ1n) is 19.7. The fraction of sp³-hybridized carbons (Fsp3) is 0.707. The Labute approximate surface area is 309 Å². The second-order valence-electron chi connectivity index (χ2n) is 13.1. The molecular weight excluding hydrogens is 667 g/mol. The van der Waals surface area contributed by atoms with Crippen LogP contribution in [0.25, 0.3) is 0 Å². The number of phosphoric ester groups is 1. The molecule has 0 unspecified atom stereocenters. The average Bonchev–Trinajstić information content (AvgIpc) is 3.09. The zero-order valence-electron chi connectivity index (χ0n) is 31.8. The molecule has 0 spiro atoms. The Morgan fingerprint density at radius 3 is 1.82 bits per heavy atom. The van der Waals surface area contributed by atoms with Gasteiger partial charge in [0.15, 0.2) is 6.10 Å². The minimum Gasteiger partial charge on any atom is -0.462 e. The monoisotopic (exact) mass is 738 g/mol. The van der Waals surface area contributed by atoms with Crippen LogP contribution in [0.5, 0.6) is 0 Å². The Balaban J connectivity index is 4.14. The molecule has 0 saturated carbocycles. The molecule has 9 nitrogen and oxygen atoms in total. The van der Waals surface area contributed by atoms with Crippen molar-refractivity contribution >= 4 is 19.8 Å². The number of aliphatic hydroxyl groups excluding tert-OH is 1. The number of ether oxygens (including phenoxy) is 2. The molecule has 0 saturated heterocycles. The smallest absolute Gasteiger partial charge is 0.462 e. The van der Waals surface area contributed by atoms with Crippen LogP contribution in [0.15, 0.2) is 60.8 Å². The van der Waals surface area contributed by atoms with E-state index >= 15 is 0 Å². The van der Waals surface area contributed by atoms with E-state index in [9.17, 15) is 19.3 Å². The zero-order chi connectivity index (χ0) is 37.7. The van der Waals surface area contributed by atoms with Crippen molar-refractivity contribution in [3.8, 4) is 0 Å². The molecule has 0 aromatic heterocycles. The number of phosphoric acid groups is 1. The van der Waals surface area contributed by atoms with E-state index in [1.54, 1.807) is 6.08 Å². The van der Waals surface area contributed by atoms with Gasteiger partial charge in [0.25, 0.3) is 0 Å². The van der Waals surface area contributed by atoms with Crippen LogP contribution in [0.3, 0.4) is 0 Å². The van der Waals surface area contributed by atoms with Crippen molar-refractivity contribution in [1.29, 1.82) is 0 Å². The summed E-state index contributed by atoms with van der Waals surface area (Å²) in [6, 6.07) is 0. The zero-order valence-corrected chi connectivity index (χ0v) is 32.7. The third kappa shape index (κ3) is 38.8. The molecule has 0 fully saturated rings. The van der Waals surface area contributed by atoms with E-state index in [0.717, 1.165) is 38.5 Å². The van der Waals surface area contributed by atoms with Crippen molar-refractivity contribution < 1.29 is 43.0 Å². The van der Waals surface area contributed by atoms with Gasteiger partial charge in [-0.15, -0.1) is 0 Å². The summed E-state index contributed by atoms with van der Waals surface area (Å²) in [6.45, 7) is 3.51. The Hall–Kier alpha value is -2.29. The molecule has 51 heavy (non-hydrogen) atoms. The molecule has 0 aliphatic rings. The molecule has 0 rings (SSSR count). The number of esters is 2. The van der Waals surface area contributed by atoms with E-state index in [2.05, 4.69) is 36.6 Å². The van der Waals surface area contributed by atoms with Crippen molar-refractivity contribution in [2.45, 2.75) is 174 Å². The maximum Gasteiger partial charge on any atom is 0.469 e. The van der Waals surface area contributed by atoms with E-state index < -0.39 is 38.6 Å². The summed E-state index contributed by atoms with van der Waals surface area (Å²) in [7, 11) is -4.79. The van der Waals surface area contributed by atoms with Gasteiger partial charge in [-0.1, -0.05) is 139 Å². The van der Waals surface area contributed by atoms with Crippen LogP contribution in [0.2, 0.25) is 0 Å². The first kappa shape index (κ1) is 48.7. The largest absolute Gasteiger partial charge is 0.469 e. The van der Waals surface area contributed by atoms with Gasteiger partial charge < -0.3 is 24.4 Å². The van der Waals surface area contributed by atoms with Gasteiger partial charge in [-0.3, -0.25) is 14.1 Å². The maximum absolute atomic E-state index is 12.4. The fourth-order valence-corrected chi connectivity index (χ4v) is 5.45. The summed E-state index contributed by atoms with van der Waals surface area (Å²) in [4.78, 5) is 42.7. The molecule has 0 heterocycles. The summed E-state index contributed by atoms with van der Waals surface area (Å²) in [5.41, 5.74) is 0. The highest BCUT2D eigenvalue weighted by Gasteiger charge is 2.22. The molecule has 10 heteroatoms. The summed E-state index contributed by atoms with van der Waals surface area (Å²) < 4.78 is 26.2. The van der Waals surface area contributed by atoms with Crippen molar-refractivity contribution in [3.05, 3.63) is 60.8 Å². The number of carbonyl (C=O) groups excluding carboxylic acids is 2. The molecule has 2 atom stereocenters. The Morgan fingerprint density at radius 1 is 0.608 bits per heavy atom. The molecule has 0 aromatic rings. The van der Waals surface area contributed by atoms with E-state index in [1.165, 1.54) is 64.2 Å². The third-order valence-electron chi connectivity index (χ3n) is 8.09. The highest BCUT2D eigenvalue weighted by atomic mass is 31.2. The molecule has 0 amide bonds. The molecule has 0 aliphatic carbocycles. The topological polar surface area (TPSA) is 140 Å². The van der Waals surface area contributed by atoms with Gasteiger partial charge in [0.05, 0.1) is 12.7 Å². The second-order valence-corrected chi connectivity index (χ2v) is 14.3. The number of hydrogen-bond acceptors (Lipinski definition) is 7. The maximum atomic E-state index is 12.4. The fourth-order valence-electron chi connectivity index (χ4n) is 5.09. The van der Waals surface area contributed by atoms with Crippen LogP contribution < -0.4 is 0 Å². The number of aliphatic hydroxyl groups is 1. The van der Waals surface area contributed by atoms with E-state index in [4.69, 9.17) is 19.3 Å². The van der Waals surface area contributed by atoms with Crippen LogP contribution in [0, 0.1) is 0 Å². The first-order valence-corrected chi connectivity index (χ1v) is 21.2. The van der Waals surface area contributed by atoms with Gasteiger partial charge in [-0.05, 0) is 70.6 Å². The molecule has 294 valence electrons. The highest BCUT2D eigenvalue weighted by molar-refractivity contribution is 7.46. The van der Waals surface area contributed by atoms with Gasteiger partial charge in [0.2, 0.25) is 0 Å². The van der Waals surface area contributed by atoms with E-state index in [0.29, 0.717) is 32.1 Å². The van der Waals surface area contributed by atoms with Gasteiger partial charge in [0.1, 0.15) is 6.61 Å². The second kappa shape index (κ2) is 36.1. The van der Waals surface area contributed by atoms with Gasteiger partial charge >= 0.3 is 19.8 Å². The van der Waals surface area contributed by atoms with Crippen molar-refractivity contribution in [2.75, 3.05) is 13.2 Å². The molecular formula is C41H71O9P. The van der Waals surface area contributed by atoms with Crippen LogP contribution in [-0.4, -0.2) is 52.3 Å². The predicted octanol–water partition coefficient (Wildman–Crippen LogP) is 10.7. The standard InChI is InChI=1S/C41H71O9P/c1-3-5-7-9-11-12-13-14-15-16-17-18-22-26-30-34-40(43)48-36-39(37-49-51(45,46)47)50-41(44)35-31-27-23-19-21-25-29-33-38(42)32-28-24-20-10-8-6-4-2/h14-15,19-20,23-25,28-29,32,38-39,42H,3-13,16-18,21-22,26-27,30-31,33-37H2,1-2H3,(H2,45,46,47)/b15-14-,23-19+,24-20-,29-25-,32-28-/t38-,39+/m0/s1. The SMILES string of the molecule is CCCCC/C=C\C=C/[C@H](O)C/C=C\C/C=C/CCCC(=O)O[C@H](COC(=O)CCCCCCC/C=C\CCCCCCCC)COP(=O)(O)O. The van der Waals surface area contributed by atoms with Crippen LogP contribution >= 0.6 is 7.82 Å². The first-order chi connectivity index (χ1) is 24.7. The summed E-state index contributed by atoms with van der Waals surface area (Å²) in [6.07, 6.45) is 41.1. The van der Waals surface area contributed by atoms with Gasteiger partial charge in [-0.2, -0.15) is 0 Å². The number of carbonyl (C=O) groups is 2. The van der Waals surface area contributed by atoms with Gasteiger partial charge in [0, 0.05) is 12.8 Å². The van der Waals surface area contributed by atoms with Gasteiger partial charge in [-0.25, -0.2) is 4.57 Å². The minimum absolute atomic E-state index is 0.0982. The Bertz CT molecular complexity index is 1030. The molecule has 3 N–H and O–H groups in total. The molecule has 0 radical (unpaired) electrons. The lowest BCUT2D eigenvalue weighted by Crippen LogP contribution is -2.29. The van der Waals surface area contributed by atoms with Crippen LogP contribution in [-0.2, 0) is 28.2 Å². The predicted molar refractivity (Wildman–Crippen MR) is 208 cm³/mol. The summed E-state index contributed by atoms with van der Waals surface area (Å²) in [5, 5.41) is 10.0. The van der Waals surface area contributed by atoms with E-state index in [-0.39, 0.29) is 19.4 Å². The van der Waals surface area contributed by atoms with Crippen LogP contribution in [0.4, 0.5) is 0 Å². The van der Waals surface area contributed by atoms with E-state index in [1.807, 2.05) is 36.5 Å². The third-order valence-corrected chi connectivity index (χ3v) is 8.57. The summed E-state index contributed by atoms with van der Waals surface area (Å²) in [5.74, 6) is -1.01. The lowest BCUT2D eigenvalue weighted by molar-refractivity contribution is -0.161. The lowest BCUT2D eigenvalue weighted by atomic mass is 10.1. The molecule has 0 aromatic carbocycles. The van der Waals surface area contributed by atoms with Crippen LogP contribution in [0.1, 0.15) is 162 Å². The highest BCUT2D eigenvalue weighted by Crippen LogP contribution is 2.36. The number of hydrogen-bond donors (Lipinski definition) is 3. The summed E-state index contributed by atoms with van der Waals surface area (Å²) >= 11 is 0. The minimum atomic E-state index is -4.79. The number of allylic oxidation sites excluding steroid dienone is 8. The Kier molecular flexibility index (Phi) is 34.5. The normalized spacial score (nSPS) is 13.7. The van der Waals surface area contributed by atoms with Crippen molar-refractivity contribution in [2.24, 2.45) is 0 Å². The van der Waals surface area contributed by atoms with Crippen molar-refractivity contribution in [1.82, 2.24) is 0 Å². The Morgan fingerprint density at radius 2 is 1.14 bits per heavy atom. The molecule has 0 bridgehead atoms. The molecule has 0 aliphatic heterocycles. The van der Waals surface area contributed by atoms with Crippen molar-refractivity contribution in [3.63, 3.8) is 0 Å². The number of rotatable bonds is 35. The quantitative estimate of drug-likeness (QED) is 0.0190. The average molecular weight is 739 g/mol.